The molecule has 1 spiro atoms. The first-order valence-corrected chi connectivity index (χ1v) is 13.1. The quantitative estimate of drug-likeness (QED) is 0.408. The van der Waals surface area contributed by atoms with Gasteiger partial charge in [-0.05, 0) is 77.9 Å². The average molecular weight is 537 g/mol. The summed E-state index contributed by atoms with van der Waals surface area (Å²) in [6, 6.07) is 12.4. The second-order valence-electron chi connectivity index (χ2n) is 10.6. The molecule has 6 nitrogen and oxygen atoms in total. The zero-order valence-corrected chi connectivity index (χ0v) is 21.2. The van der Waals surface area contributed by atoms with Crippen LogP contribution in [-0.4, -0.2) is 47.3 Å². The molecule has 39 heavy (non-hydrogen) atoms. The summed E-state index contributed by atoms with van der Waals surface area (Å²) in [7, 11) is 0. The highest BCUT2D eigenvalue weighted by Gasteiger charge is 2.47. The number of aryl methyl sites for hydroxylation is 2. The van der Waals surface area contributed by atoms with Crippen LogP contribution in [0, 0.1) is 17.5 Å². The largest absolute Gasteiger partial charge is 0.478 e. The molecule has 0 aromatic heterocycles. The van der Waals surface area contributed by atoms with Crippen molar-refractivity contribution in [1.82, 2.24) is 4.90 Å². The van der Waals surface area contributed by atoms with Crippen LogP contribution in [0.1, 0.15) is 46.3 Å². The number of ether oxygens (including phenoxy) is 1. The van der Waals surface area contributed by atoms with E-state index in [2.05, 4.69) is 11.0 Å². The number of carboxylic acid groups (broad SMARTS) is 1. The summed E-state index contributed by atoms with van der Waals surface area (Å²) < 4.78 is 48.4. The molecular formula is C30H27F3N2O4. The van der Waals surface area contributed by atoms with Crippen molar-refractivity contribution in [2.24, 2.45) is 0 Å². The van der Waals surface area contributed by atoms with Crippen LogP contribution in [0.25, 0.3) is 11.1 Å². The molecule has 0 bridgehead atoms. The molecule has 0 radical (unpaired) electrons. The van der Waals surface area contributed by atoms with Gasteiger partial charge >= 0.3 is 12.1 Å². The maximum Gasteiger partial charge on any atom is 0.415 e. The number of nitrogens with zero attached hydrogens (tertiary/aromatic N) is 2. The second-order valence-corrected chi connectivity index (χ2v) is 10.6. The lowest BCUT2D eigenvalue weighted by Crippen LogP contribution is -2.46. The monoisotopic (exact) mass is 536 g/mol. The van der Waals surface area contributed by atoms with E-state index in [0.29, 0.717) is 50.3 Å². The van der Waals surface area contributed by atoms with Gasteiger partial charge in [-0.1, -0.05) is 12.1 Å². The zero-order chi connectivity index (χ0) is 27.3. The lowest BCUT2D eigenvalue weighted by atomic mass is 9.89. The number of hydrogen-bond donors (Lipinski definition) is 1. The van der Waals surface area contributed by atoms with Crippen molar-refractivity contribution < 1.29 is 32.6 Å². The van der Waals surface area contributed by atoms with Crippen LogP contribution >= 0.6 is 0 Å². The highest BCUT2D eigenvalue weighted by molar-refractivity contribution is 5.92. The third-order valence-electron chi connectivity index (χ3n) is 8.20. The van der Waals surface area contributed by atoms with Crippen molar-refractivity contribution in [1.29, 1.82) is 0 Å². The summed E-state index contributed by atoms with van der Waals surface area (Å²) >= 11 is 0. The highest BCUT2D eigenvalue weighted by atomic mass is 19.2. The van der Waals surface area contributed by atoms with Gasteiger partial charge in [0.1, 0.15) is 5.60 Å². The smallest absolute Gasteiger partial charge is 0.415 e. The van der Waals surface area contributed by atoms with Gasteiger partial charge in [0.15, 0.2) is 17.5 Å². The number of carbonyl (C=O) groups is 2. The van der Waals surface area contributed by atoms with Crippen LogP contribution in [-0.2, 0) is 24.1 Å². The minimum Gasteiger partial charge on any atom is -0.478 e. The van der Waals surface area contributed by atoms with Crippen LogP contribution < -0.4 is 4.90 Å². The van der Waals surface area contributed by atoms with Crippen molar-refractivity contribution in [3.63, 3.8) is 0 Å². The lowest BCUT2D eigenvalue weighted by molar-refractivity contribution is -0.000948. The third-order valence-corrected chi connectivity index (χ3v) is 8.20. The summed E-state index contributed by atoms with van der Waals surface area (Å²) in [4.78, 5) is 27.6. The number of likely N-dealkylation sites (tertiary alicyclic amines) is 1. The third kappa shape index (κ3) is 4.65. The predicted octanol–water partition coefficient (Wildman–Crippen LogP) is 5.95. The molecule has 3 aromatic carbocycles. The van der Waals surface area contributed by atoms with Gasteiger partial charge in [-0.25, -0.2) is 22.8 Å². The van der Waals surface area contributed by atoms with Gasteiger partial charge in [-0.15, -0.1) is 0 Å². The Morgan fingerprint density at radius 3 is 2.31 bits per heavy atom. The van der Waals surface area contributed by atoms with E-state index >= 15 is 0 Å². The molecule has 2 aliphatic heterocycles. The SMILES string of the molecule is O=C(O)c1ccc(N2CC3(CCN(Cc4cc5c(cc4-c4ccc(F)c(F)c4F)CCC5)CC3)OC2=O)cc1. The molecule has 202 valence electrons. The number of amides is 1. The van der Waals surface area contributed by atoms with Gasteiger partial charge in [0, 0.05) is 43.7 Å². The minimum atomic E-state index is -1.47. The normalized spacial score (nSPS) is 18.4. The Morgan fingerprint density at radius 2 is 1.62 bits per heavy atom. The molecule has 0 unspecified atom stereocenters. The number of rotatable bonds is 5. The molecule has 9 heteroatoms. The lowest BCUT2D eigenvalue weighted by Gasteiger charge is -2.37. The minimum absolute atomic E-state index is 0.0568. The molecule has 1 amide bonds. The maximum atomic E-state index is 14.8. The molecular weight excluding hydrogens is 509 g/mol. The van der Waals surface area contributed by atoms with Gasteiger partial charge in [0.05, 0.1) is 12.1 Å². The molecule has 0 saturated carbocycles. The van der Waals surface area contributed by atoms with Crippen molar-refractivity contribution in [2.75, 3.05) is 24.5 Å². The summed E-state index contributed by atoms with van der Waals surface area (Å²) in [5.41, 5.74) is 3.90. The van der Waals surface area contributed by atoms with Crippen LogP contribution in [0.2, 0.25) is 0 Å². The molecule has 2 heterocycles. The van der Waals surface area contributed by atoms with Crippen LogP contribution in [0.15, 0.2) is 48.5 Å². The number of benzene rings is 3. The number of fused-ring (bicyclic) bond motifs is 1. The first kappa shape index (κ1) is 25.4. The number of halogens is 3. The Labute approximate surface area is 223 Å². The number of anilines is 1. The fourth-order valence-electron chi connectivity index (χ4n) is 6.02. The van der Waals surface area contributed by atoms with Gasteiger partial charge < -0.3 is 9.84 Å². The van der Waals surface area contributed by atoms with Crippen molar-refractivity contribution in [2.45, 2.75) is 44.2 Å². The molecule has 6 rings (SSSR count). The van der Waals surface area contributed by atoms with E-state index in [1.165, 1.54) is 28.7 Å². The van der Waals surface area contributed by atoms with Crippen molar-refractivity contribution in [3.8, 4) is 11.1 Å². The fraction of sp³-hybridized carbons (Fsp3) is 0.333. The Morgan fingerprint density at radius 1 is 0.923 bits per heavy atom. The van der Waals surface area contributed by atoms with E-state index in [1.807, 2.05) is 6.07 Å². The summed E-state index contributed by atoms with van der Waals surface area (Å²) in [6.45, 7) is 2.15. The van der Waals surface area contributed by atoms with Crippen molar-refractivity contribution in [3.05, 3.63) is 88.2 Å². The molecule has 2 saturated heterocycles. The summed E-state index contributed by atoms with van der Waals surface area (Å²) in [5, 5.41) is 9.13. The van der Waals surface area contributed by atoms with Crippen LogP contribution in [0.5, 0.6) is 0 Å². The van der Waals surface area contributed by atoms with E-state index in [-0.39, 0.29) is 11.1 Å². The Bertz CT molecular complexity index is 1470. The second kappa shape index (κ2) is 9.72. The van der Waals surface area contributed by atoms with Crippen molar-refractivity contribution >= 4 is 17.7 Å². The number of aromatic carboxylic acids is 1. The number of carboxylic acids is 1. The van der Waals surface area contributed by atoms with E-state index in [4.69, 9.17) is 9.84 Å². The standard InChI is InChI=1S/C30H27F3N2O4/c31-25-9-8-23(26(32)27(25)33)24-15-20-3-1-2-19(20)14-21(24)16-34-12-10-30(11-13-34)17-35(29(38)39-30)22-6-4-18(5-7-22)28(36)37/h4-9,14-15H,1-3,10-13,16-17H2,(H,36,37). The molecule has 3 aliphatic rings. The van der Waals surface area contributed by atoms with E-state index < -0.39 is 35.1 Å². The van der Waals surface area contributed by atoms with Crippen LogP contribution in [0.3, 0.4) is 0 Å². The van der Waals surface area contributed by atoms with Gasteiger partial charge in [0.25, 0.3) is 0 Å². The van der Waals surface area contributed by atoms with Gasteiger partial charge in [-0.3, -0.25) is 9.80 Å². The Balaban J connectivity index is 1.19. The number of hydrogen-bond acceptors (Lipinski definition) is 4. The van der Waals surface area contributed by atoms with E-state index in [1.54, 1.807) is 12.1 Å². The topological polar surface area (TPSA) is 70.1 Å². The predicted molar refractivity (Wildman–Crippen MR) is 138 cm³/mol. The van der Waals surface area contributed by atoms with Crippen LogP contribution in [0.4, 0.5) is 23.7 Å². The fourth-order valence-corrected chi connectivity index (χ4v) is 6.02. The molecule has 1 N–H and O–H groups in total. The highest BCUT2D eigenvalue weighted by Crippen LogP contribution is 2.38. The van der Waals surface area contributed by atoms with E-state index in [9.17, 15) is 22.8 Å². The Kier molecular flexibility index (Phi) is 6.33. The zero-order valence-electron chi connectivity index (χ0n) is 21.2. The number of carbonyl (C=O) groups excluding carboxylic acids is 1. The Hall–Kier alpha value is -3.85. The first-order valence-electron chi connectivity index (χ1n) is 13.1. The van der Waals surface area contributed by atoms with E-state index in [0.717, 1.165) is 36.5 Å². The molecule has 3 aromatic rings. The molecule has 2 fully saturated rings. The summed E-state index contributed by atoms with van der Waals surface area (Å²) in [5.74, 6) is -4.89. The maximum absolute atomic E-state index is 14.8. The van der Waals surface area contributed by atoms with Gasteiger partial charge in [-0.2, -0.15) is 0 Å². The molecule has 0 atom stereocenters. The summed E-state index contributed by atoms with van der Waals surface area (Å²) in [6.07, 6.45) is 3.56. The first-order chi connectivity index (χ1) is 18.7. The average Bonchev–Trinajstić information content (AvgIpc) is 3.52. The van der Waals surface area contributed by atoms with Gasteiger partial charge in [0.2, 0.25) is 0 Å². The molecule has 1 aliphatic carbocycles. The number of piperidine rings is 1.